The van der Waals surface area contributed by atoms with Crippen molar-refractivity contribution in [3.05, 3.63) is 59.2 Å². The highest BCUT2D eigenvalue weighted by Crippen LogP contribution is 2.37. The Balaban J connectivity index is 2.00. The second kappa shape index (κ2) is 7.48. The number of halogens is 4. The van der Waals surface area contributed by atoms with Gasteiger partial charge in [-0.2, -0.15) is 13.2 Å². The molecule has 0 atom stereocenters. The molecule has 0 saturated carbocycles. The number of nitrogens with one attached hydrogen (secondary N) is 1. The van der Waals surface area contributed by atoms with Crippen LogP contribution in [0.3, 0.4) is 0 Å². The molecule has 3 N–H and O–H groups in total. The molecule has 3 rings (SSSR count). The molecule has 0 fully saturated rings. The molecule has 8 heteroatoms. The fourth-order valence-electron chi connectivity index (χ4n) is 2.67. The average molecular weight is 410 g/mol. The highest BCUT2D eigenvalue weighted by Gasteiger charge is 2.33. The van der Waals surface area contributed by atoms with Gasteiger partial charge in [-0.05, 0) is 38.1 Å². The van der Waals surface area contributed by atoms with E-state index in [9.17, 15) is 13.2 Å². The Hall–Kier alpha value is -2.51. The van der Waals surface area contributed by atoms with Crippen LogP contribution in [-0.2, 0) is 6.18 Å². The number of fused-ring (bicyclic) bond motifs is 1. The van der Waals surface area contributed by atoms with Crippen molar-refractivity contribution in [3.8, 4) is 5.75 Å². The molecule has 1 heterocycles. The van der Waals surface area contributed by atoms with Crippen LogP contribution in [0.2, 0.25) is 5.02 Å². The van der Waals surface area contributed by atoms with E-state index in [2.05, 4.69) is 10.3 Å². The Bertz CT molecular complexity index is 1010. The molecule has 0 spiro atoms. The topological polar surface area (TPSA) is 60.2 Å². The third kappa shape index (κ3) is 4.31. The van der Waals surface area contributed by atoms with Crippen molar-refractivity contribution in [2.45, 2.75) is 25.6 Å². The van der Waals surface area contributed by atoms with Gasteiger partial charge in [0.1, 0.15) is 11.4 Å². The Morgan fingerprint density at radius 3 is 2.57 bits per heavy atom. The number of rotatable bonds is 5. The minimum atomic E-state index is -4.49. The van der Waals surface area contributed by atoms with Gasteiger partial charge in [0.25, 0.3) is 0 Å². The van der Waals surface area contributed by atoms with E-state index in [4.69, 9.17) is 22.1 Å². The van der Waals surface area contributed by atoms with E-state index in [0.717, 1.165) is 6.07 Å². The van der Waals surface area contributed by atoms with Gasteiger partial charge in [-0.25, -0.2) is 0 Å². The molecule has 0 bridgehead atoms. The van der Waals surface area contributed by atoms with Crippen LogP contribution in [0.4, 0.5) is 24.5 Å². The second-order valence-electron chi connectivity index (χ2n) is 6.89. The van der Waals surface area contributed by atoms with Gasteiger partial charge in [-0.3, -0.25) is 4.98 Å². The van der Waals surface area contributed by atoms with E-state index in [0.29, 0.717) is 27.5 Å². The molecule has 4 nitrogen and oxygen atoms in total. The molecule has 0 aliphatic heterocycles. The largest absolute Gasteiger partial charge is 0.485 e. The zero-order chi connectivity index (χ0) is 20.5. The lowest BCUT2D eigenvalue weighted by Crippen LogP contribution is -2.37. The van der Waals surface area contributed by atoms with Crippen LogP contribution in [0.5, 0.6) is 5.75 Å². The summed E-state index contributed by atoms with van der Waals surface area (Å²) in [6, 6.07) is 10.6. The summed E-state index contributed by atoms with van der Waals surface area (Å²) in [6.45, 7) is 3.95. The Kier molecular flexibility index (Phi) is 5.41. The molecule has 3 aromatic rings. The first-order valence-corrected chi connectivity index (χ1v) is 8.89. The van der Waals surface area contributed by atoms with Crippen molar-refractivity contribution in [1.82, 2.24) is 4.98 Å². The predicted molar refractivity (Wildman–Crippen MR) is 105 cm³/mol. The summed E-state index contributed by atoms with van der Waals surface area (Å²) < 4.78 is 45.6. The highest BCUT2D eigenvalue weighted by atomic mass is 35.5. The summed E-state index contributed by atoms with van der Waals surface area (Å²) >= 11 is 6.20. The van der Waals surface area contributed by atoms with Crippen LogP contribution in [0.25, 0.3) is 10.9 Å². The van der Waals surface area contributed by atoms with Crippen molar-refractivity contribution in [2.75, 3.05) is 11.9 Å². The van der Waals surface area contributed by atoms with E-state index in [1.807, 2.05) is 13.8 Å². The normalized spacial score (nSPS) is 12.2. The summed E-state index contributed by atoms with van der Waals surface area (Å²) in [5.41, 5.74) is 5.28. The molecule has 1 aromatic heterocycles. The molecule has 0 saturated heterocycles. The van der Waals surface area contributed by atoms with E-state index < -0.39 is 17.3 Å². The van der Waals surface area contributed by atoms with Gasteiger partial charge in [0.15, 0.2) is 0 Å². The van der Waals surface area contributed by atoms with E-state index in [-0.39, 0.29) is 12.1 Å². The zero-order valence-corrected chi connectivity index (χ0v) is 16.0. The van der Waals surface area contributed by atoms with Crippen molar-refractivity contribution in [2.24, 2.45) is 5.73 Å². The first-order chi connectivity index (χ1) is 13.1. The second-order valence-corrected chi connectivity index (χ2v) is 7.30. The van der Waals surface area contributed by atoms with E-state index in [1.165, 1.54) is 12.3 Å². The average Bonchev–Trinajstić information content (AvgIpc) is 2.63. The molecule has 0 aliphatic carbocycles. The predicted octanol–water partition coefficient (Wildman–Crippen LogP) is 5.77. The third-order valence-corrected chi connectivity index (χ3v) is 4.48. The summed E-state index contributed by atoms with van der Waals surface area (Å²) in [7, 11) is 0. The van der Waals surface area contributed by atoms with Gasteiger partial charge in [0.2, 0.25) is 0 Å². The molecular formula is C20H19ClF3N3O. The lowest BCUT2D eigenvalue weighted by Gasteiger charge is -2.25. The third-order valence-electron chi connectivity index (χ3n) is 4.16. The number of hydrogen-bond acceptors (Lipinski definition) is 4. The van der Waals surface area contributed by atoms with Crippen molar-refractivity contribution >= 4 is 33.9 Å². The number of hydrogen-bond donors (Lipinski definition) is 2. The summed E-state index contributed by atoms with van der Waals surface area (Å²) in [6.07, 6.45) is -3.15. The lowest BCUT2D eigenvalue weighted by atomic mass is 10.1. The number of nitrogens with zero attached hydrogens (tertiary/aromatic N) is 1. The maximum Gasteiger partial charge on any atom is 0.418 e. The van der Waals surface area contributed by atoms with Crippen LogP contribution >= 0.6 is 11.6 Å². The first kappa shape index (κ1) is 20.2. The molecule has 148 valence electrons. The Morgan fingerprint density at radius 1 is 1.14 bits per heavy atom. The number of ether oxygens (including phenoxy) is 1. The smallest absolute Gasteiger partial charge is 0.418 e. The molecule has 2 aromatic carbocycles. The molecule has 0 amide bonds. The minimum absolute atomic E-state index is 0.116. The van der Waals surface area contributed by atoms with Gasteiger partial charge in [-0.1, -0.05) is 23.7 Å². The first-order valence-electron chi connectivity index (χ1n) is 8.51. The summed E-state index contributed by atoms with van der Waals surface area (Å²) in [4.78, 5) is 3.92. The standard InChI is InChI=1S/C20H19ClF3N3O/c1-19(2,11-25)28-17-10-12(6-7-15(17)21)27-16-8-9-26-18-13(16)4-3-5-14(18)20(22,23)24/h3-10H,11,25H2,1-2H3,(H,26,27). The summed E-state index contributed by atoms with van der Waals surface area (Å²) in [5.74, 6) is 0.427. The van der Waals surface area contributed by atoms with Crippen LogP contribution < -0.4 is 15.8 Å². The number of para-hydroxylation sites is 1. The van der Waals surface area contributed by atoms with Crippen molar-refractivity contribution in [3.63, 3.8) is 0 Å². The van der Waals surface area contributed by atoms with Gasteiger partial charge in [0.05, 0.1) is 16.1 Å². The molecule has 0 aliphatic rings. The molecule has 0 unspecified atom stereocenters. The quantitative estimate of drug-likeness (QED) is 0.562. The molecule has 0 radical (unpaired) electrons. The maximum atomic E-state index is 13.3. The lowest BCUT2D eigenvalue weighted by molar-refractivity contribution is -0.136. The highest BCUT2D eigenvalue weighted by molar-refractivity contribution is 6.32. The van der Waals surface area contributed by atoms with Crippen molar-refractivity contribution < 1.29 is 17.9 Å². The minimum Gasteiger partial charge on any atom is -0.485 e. The fraction of sp³-hybridized carbons (Fsp3) is 0.250. The fourth-order valence-corrected chi connectivity index (χ4v) is 2.82. The van der Waals surface area contributed by atoms with Crippen LogP contribution in [-0.4, -0.2) is 17.1 Å². The van der Waals surface area contributed by atoms with Crippen molar-refractivity contribution in [1.29, 1.82) is 0 Å². The number of alkyl halides is 3. The van der Waals surface area contributed by atoms with Gasteiger partial charge < -0.3 is 15.8 Å². The number of pyridine rings is 1. The monoisotopic (exact) mass is 409 g/mol. The van der Waals surface area contributed by atoms with Gasteiger partial charge in [0, 0.05) is 35.6 Å². The number of nitrogens with two attached hydrogens (primary N) is 1. The Labute approximate surface area is 165 Å². The SMILES string of the molecule is CC(C)(CN)Oc1cc(Nc2ccnc3c(C(F)(F)F)cccc23)ccc1Cl. The number of aromatic nitrogens is 1. The molecular weight excluding hydrogens is 391 g/mol. The zero-order valence-electron chi connectivity index (χ0n) is 15.3. The van der Waals surface area contributed by atoms with E-state index >= 15 is 0 Å². The van der Waals surface area contributed by atoms with Gasteiger partial charge >= 0.3 is 6.18 Å². The van der Waals surface area contributed by atoms with Crippen LogP contribution in [0.15, 0.2) is 48.7 Å². The maximum absolute atomic E-state index is 13.3. The van der Waals surface area contributed by atoms with Crippen LogP contribution in [0, 0.1) is 0 Å². The van der Waals surface area contributed by atoms with Gasteiger partial charge in [-0.15, -0.1) is 0 Å². The number of benzene rings is 2. The Morgan fingerprint density at radius 2 is 1.89 bits per heavy atom. The number of anilines is 2. The molecule has 28 heavy (non-hydrogen) atoms. The van der Waals surface area contributed by atoms with E-state index in [1.54, 1.807) is 30.3 Å². The van der Waals surface area contributed by atoms with Crippen LogP contribution in [0.1, 0.15) is 19.4 Å². The summed E-state index contributed by atoms with van der Waals surface area (Å²) in [5, 5.41) is 3.89.